The molecule has 0 aliphatic rings. The Morgan fingerprint density at radius 2 is 2.36 bits per heavy atom. The molecule has 0 aromatic carbocycles. The van der Waals surface area contributed by atoms with E-state index in [9.17, 15) is 4.91 Å². The number of aromatic nitrogens is 2. The largest absolute Gasteiger partial charge is 0.346 e. The molecule has 0 saturated carbocycles. The van der Waals surface area contributed by atoms with Crippen molar-refractivity contribution in [2.75, 3.05) is 0 Å². The van der Waals surface area contributed by atoms with Crippen molar-refractivity contribution in [3.05, 3.63) is 29.4 Å². The number of H-pyrrole nitrogens is 1. The van der Waals surface area contributed by atoms with Crippen LogP contribution in [0.4, 0.5) is 5.69 Å². The molecule has 2 heterocycles. The number of nitroso groups, excluding NO2 is 1. The van der Waals surface area contributed by atoms with Crippen LogP contribution < -0.4 is 0 Å². The predicted molar refractivity (Wildman–Crippen MR) is 41.5 cm³/mol. The lowest BCUT2D eigenvalue weighted by molar-refractivity contribution is 1.32. The van der Waals surface area contributed by atoms with E-state index in [0.717, 1.165) is 5.39 Å². The van der Waals surface area contributed by atoms with Crippen molar-refractivity contribution in [1.82, 2.24) is 9.97 Å². The number of hydrogen-bond donors (Lipinski definition) is 1. The van der Waals surface area contributed by atoms with Gasteiger partial charge >= 0.3 is 0 Å². The summed E-state index contributed by atoms with van der Waals surface area (Å²) >= 11 is 0. The zero-order valence-electron chi connectivity index (χ0n) is 5.61. The zero-order chi connectivity index (χ0) is 7.68. The number of fused-ring (bicyclic) bond motifs is 1. The molecule has 11 heavy (non-hydrogen) atoms. The summed E-state index contributed by atoms with van der Waals surface area (Å²) in [4.78, 5) is 17.1. The minimum atomic E-state index is 0.427. The molecule has 0 unspecified atom stereocenters. The first kappa shape index (κ1) is 6.03. The van der Waals surface area contributed by atoms with E-state index in [1.165, 1.54) is 0 Å². The van der Waals surface area contributed by atoms with Gasteiger partial charge in [-0.25, -0.2) is 4.98 Å². The van der Waals surface area contributed by atoms with E-state index in [1.807, 2.05) is 0 Å². The highest BCUT2D eigenvalue weighted by Gasteiger charge is 2.00. The van der Waals surface area contributed by atoms with Crippen molar-refractivity contribution in [2.45, 2.75) is 0 Å². The van der Waals surface area contributed by atoms with E-state index >= 15 is 0 Å². The smallest absolute Gasteiger partial charge is 0.139 e. The van der Waals surface area contributed by atoms with Crippen LogP contribution in [0.25, 0.3) is 11.0 Å². The second-order valence-electron chi connectivity index (χ2n) is 2.16. The summed E-state index contributed by atoms with van der Waals surface area (Å²) in [6, 6.07) is 3.36. The highest BCUT2D eigenvalue weighted by molar-refractivity contribution is 5.87. The summed E-state index contributed by atoms with van der Waals surface area (Å²) in [7, 11) is 0. The Morgan fingerprint density at radius 1 is 1.45 bits per heavy atom. The Bertz CT molecular complexity index is 393. The van der Waals surface area contributed by atoms with Crippen molar-refractivity contribution in [3.63, 3.8) is 0 Å². The summed E-state index contributed by atoms with van der Waals surface area (Å²) in [5, 5.41) is 3.63. The Morgan fingerprint density at radius 3 is 3.18 bits per heavy atom. The topological polar surface area (TPSA) is 58.1 Å². The highest BCUT2D eigenvalue weighted by Crippen LogP contribution is 2.22. The van der Waals surface area contributed by atoms with Gasteiger partial charge in [-0.05, 0) is 17.3 Å². The lowest BCUT2D eigenvalue weighted by Crippen LogP contribution is -1.73. The second-order valence-corrected chi connectivity index (χ2v) is 2.16. The van der Waals surface area contributed by atoms with Gasteiger partial charge in [-0.1, -0.05) is 0 Å². The molecule has 1 N–H and O–H groups in total. The quantitative estimate of drug-likeness (QED) is 0.627. The van der Waals surface area contributed by atoms with Crippen LogP contribution in [0.5, 0.6) is 0 Å². The van der Waals surface area contributed by atoms with Gasteiger partial charge in [0.1, 0.15) is 11.3 Å². The zero-order valence-corrected chi connectivity index (χ0v) is 5.61. The SMILES string of the molecule is O=Nc1ccnc2[nH]ccc12. The molecule has 2 aromatic rings. The maximum Gasteiger partial charge on any atom is 0.139 e. The number of nitrogens with one attached hydrogen (secondary N) is 1. The molecule has 0 spiro atoms. The molecule has 0 bridgehead atoms. The molecule has 54 valence electrons. The number of aromatic amines is 1. The van der Waals surface area contributed by atoms with Gasteiger partial charge in [0.25, 0.3) is 0 Å². The van der Waals surface area contributed by atoms with Crippen LogP contribution >= 0.6 is 0 Å². The maximum absolute atomic E-state index is 10.2. The third-order valence-corrected chi connectivity index (χ3v) is 1.54. The van der Waals surface area contributed by atoms with Crippen LogP contribution in [0, 0.1) is 4.91 Å². The van der Waals surface area contributed by atoms with E-state index in [0.29, 0.717) is 11.3 Å². The van der Waals surface area contributed by atoms with Gasteiger partial charge in [-0.15, -0.1) is 4.91 Å². The van der Waals surface area contributed by atoms with Crippen molar-refractivity contribution in [3.8, 4) is 0 Å². The molecule has 2 aromatic heterocycles. The normalized spacial score (nSPS) is 10.2. The lowest BCUT2D eigenvalue weighted by atomic mass is 10.3. The fraction of sp³-hybridized carbons (Fsp3) is 0. The fourth-order valence-electron chi connectivity index (χ4n) is 1.03. The third-order valence-electron chi connectivity index (χ3n) is 1.54. The van der Waals surface area contributed by atoms with Gasteiger partial charge in [-0.3, -0.25) is 0 Å². The molecule has 4 heteroatoms. The van der Waals surface area contributed by atoms with E-state index in [2.05, 4.69) is 15.1 Å². The molecule has 0 atom stereocenters. The average molecular weight is 147 g/mol. The molecule has 0 amide bonds. The van der Waals surface area contributed by atoms with Gasteiger partial charge < -0.3 is 4.98 Å². The molecular weight excluding hydrogens is 142 g/mol. The molecular formula is C7H5N3O. The van der Waals surface area contributed by atoms with Crippen LogP contribution in [-0.2, 0) is 0 Å². The summed E-state index contributed by atoms with van der Waals surface area (Å²) in [6.07, 6.45) is 3.28. The van der Waals surface area contributed by atoms with Gasteiger partial charge in [0.15, 0.2) is 0 Å². The van der Waals surface area contributed by atoms with E-state index in [4.69, 9.17) is 0 Å². The van der Waals surface area contributed by atoms with Crippen molar-refractivity contribution >= 4 is 16.7 Å². The Hall–Kier alpha value is -1.71. The highest BCUT2D eigenvalue weighted by atomic mass is 16.3. The van der Waals surface area contributed by atoms with Crippen molar-refractivity contribution in [1.29, 1.82) is 0 Å². The molecule has 0 aliphatic heterocycles. The third kappa shape index (κ3) is 0.797. The molecule has 0 aliphatic carbocycles. The summed E-state index contributed by atoms with van der Waals surface area (Å²) < 4.78 is 0. The van der Waals surface area contributed by atoms with Gasteiger partial charge in [0.05, 0.1) is 0 Å². The number of pyridine rings is 1. The lowest BCUT2D eigenvalue weighted by Gasteiger charge is -1.89. The number of nitrogens with zero attached hydrogens (tertiary/aromatic N) is 2. The van der Waals surface area contributed by atoms with Crippen LogP contribution in [0.3, 0.4) is 0 Å². The molecule has 0 fully saturated rings. The molecule has 2 rings (SSSR count). The molecule has 4 nitrogen and oxygen atoms in total. The van der Waals surface area contributed by atoms with E-state index in [-0.39, 0.29) is 0 Å². The first-order valence-corrected chi connectivity index (χ1v) is 3.17. The van der Waals surface area contributed by atoms with Gasteiger partial charge in [-0.2, -0.15) is 0 Å². The maximum atomic E-state index is 10.2. The second kappa shape index (κ2) is 2.16. The summed E-state index contributed by atoms with van der Waals surface area (Å²) in [5.74, 6) is 0. The van der Waals surface area contributed by atoms with Crippen molar-refractivity contribution in [2.24, 2.45) is 5.18 Å². The van der Waals surface area contributed by atoms with Crippen LogP contribution in [0.2, 0.25) is 0 Å². The molecule has 0 radical (unpaired) electrons. The molecule has 0 saturated heterocycles. The summed E-state index contributed by atoms with van der Waals surface area (Å²) in [6.45, 7) is 0. The van der Waals surface area contributed by atoms with Crippen molar-refractivity contribution < 1.29 is 0 Å². The number of hydrogen-bond acceptors (Lipinski definition) is 3. The Balaban J connectivity index is 2.88. The Kier molecular flexibility index (Phi) is 1.18. The minimum Gasteiger partial charge on any atom is -0.346 e. The average Bonchev–Trinajstić information content (AvgIpc) is 2.50. The van der Waals surface area contributed by atoms with Crippen LogP contribution in [0.1, 0.15) is 0 Å². The first-order chi connectivity index (χ1) is 5.42. The Labute approximate surface area is 62.2 Å². The van der Waals surface area contributed by atoms with Gasteiger partial charge in [0.2, 0.25) is 0 Å². The van der Waals surface area contributed by atoms with E-state index in [1.54, 1.807) is 24.5 Å². The summed E-state index contributed by atoms with van der Waals surface area (Å²) in [5.41, 5.74) is 1.12. The predicted octanol–water partition coefficient (Wildman–Crippen LogP) is 1.96. The standard InChI is InChI=1S/C7H5N3O/c11-10-6-2-4-9-7-5(6)1-3-8-7/h1-4H,(H,8,9). The van der Waals surface area contributed by atoms with E-state index < -0.39 is 0 Å². The van der Waals surface area contributed by atoms with Gasteiger partial charge in [0, 0.05) is 17.8 Å². The fourth-order valence-corrected chi connectivity index (χ4v) is 1.03. The van der Waals surface area contributed by atoms with Crippen LogP contribution in [-0.4, -0.2) is 9.97 Å². The minimum absolute atomic E-state index is 0.427. The van der Waals surface area contributed by atoms with Crippen LogP contribution in [0.15, 0.2) is 29.7 Å². The monoisotopic (exact) mass is 147 g/mol. The first-order valence-electron chi connectivity index (χ1n) is 3.17. The number of rotatable bonds is 1.